The molecule has 0 saturated heterocycles. The van der Waals surface area contributed by atoms with Crippen LogP contribution < -0.4 is 14.8 Å². The Balaban J connectivity index is 2.17. The first-order chi connectivity index (χ1) is 13.5. The fourth-order valence-corrected chi connectivity index (χ4v) is 3.21. The van der Waals surface area contributed by atoms with Crippen LogP contribution in [0.25, 0.3) is 0 Å². The van der Waals surface area contributed by atoms with Gasteiger partial charge >= 0.3 is 5.51 Å². The zero-order valence-corrected chi connectivity index (χ0v) is 16.2. The molecule has 29 heavy (non-hydrogen) atoms. The number of carbonyl (C=O) groups is 1. The Morgan fingerprint density at radius 3 is 2.21 bits per heavy atom. The highest BCUT2D eigenvalue weighted by Crippen LogP contribution is 2.34. The quantitative estimate of drug-likeness (QED) is 0.671. The van der Waals surface area contributed by atoms with Gasteiger partial charge in [0.2, 0.25) is 5.91 Å². The predicted octanol–water partition coefficient (Wildman–Crippen LogP) is 3.71. The Labute approximate surface area is 164 Å². The molecule has 0 fully saturated rings. The summed E-state index contributed by atoms with van der Waals surface area (Å²) in [6.45, 7) is 0. The van der Waals surface area contributed by atoms with Crippen molar-refractivity contribution in [3.8, 4) is 11.5 Å². The molecule has 11 heteroatoms. The second kappa shape index (κ2) is 8.68. The lowest BCUT2D eigenvalue weighted by molar-refractivity contribution is -0.116. The van der Waals surface area contributed by atoms with E-state index in [1.54, 1.807) is 6.07 Å². The molecule has 0 heterocycles. The second-order valence-electron chi connectivity index (χ2n) is 5.83. The Hall–Kier alpha value is -2.82. The first-order valence-corrected chi connectivity index (χ1v) is 9.59. The molecular weight excluding hydrogens is 418 g/mol. The number of hydrogen-bond donors (Lipinski definition) is 1. The Kier molecular flexibility index (Phi) is 6.73. The molecule has 0 atom stereocenters. The maximum absolute atomic E-state index is 13.7. The van der Waals surface area contributed by atoms with Gasteiger partial charge in [-0.15, -0.1) is 0 Å². The van der Waals surface area contributed by atoms with Crippen LogP contribution in [-0.2, 0) is 21.1 Å². The van der Waals surface area contributed by atoms with E-state index in [0.29, 0.717) is 11.6 Å². The van der Waals surface area contributed by atoms with Gasteiger partial charge in [-0.2, -0.15) is 13.2 Å². The number of sulfone groups is 1. The van der Waals surface area contributed by atoms with Crippen molar-refractivity contribution in [3.63, 3.8) is 0 Å². The number of ether oxygens (including phenoxy) is 2. The number of hydrogen-bond acceptors (Lipinski definition) is 5. The molecule has 0 aliphatic heterocycles. The predicted molar refractivity (Wildman–Crippen MR) is 96.1 cm³/mol. The van der Waals surface area contributed by atoms with E-state index in [4.69, 9.17) is 9.47 Å². The van der Waals surface area contributed by atoms with Gasteiger partial charge < -0.3 is 14.8 Å². The van der Waals surface area contributed by atoms with Crippen molar-refractivity contribution in [2.24, 2.45) is 0 Å². The number of amides is 1. The minimum Gasteiger partial charge on any atom is -0.495 e. The molecule has 0 spiro atoms. The minimum absolute atomic E-state index is 0.0185. The summed E-state index contributed by atoms with van der Waals surface area (Å²) in [5.74, 6) is -1.20. The summed E-state index contributed by atoms with van der Waals surface area (Å²) in [5, 5.41) is 2.32. The van der Waals surface area contributed by atoms with Crippen LogP contribution in [0.4, 0.5) is 23.2 Å². The number of alkyl halides is 3. The van der Waals surface area contributed by atoms with Crippen LogP contribution in [0.1, 0.15) is 12.0 Å². The molecule has 2 aromatic carbocycles. The van der Waals surface area contributed by atoms with Crippen LogP contribution in [0.15, 0.2) is 41.3 Å². The maximum Gasteiger partial charge on any atom is 0.501 e. The van der Waals surface area contributed by atoms with Gasteiger partial charge in [-0.25, -0.2) is 12.8 Å². The number of rotatable bonds is 7. The van der Waals surface area contributed by atoms with E-state index >= 15 is 0 Å². The Morgan fingerprint density at radius 1 is 1.03 bits per heavy atom. The van der Waals surface area contributed by atoms with Gasteiger partial charge in [0.05, 0.1) is 24.8 Å². The molecule has 0 aliphatic rings. The molecule has 2 rings (SSSR count). The number of benzene rings is 2. The van der Waals surface area contributed by atoms with E-state index < -0.39 is 32.0 Å². The highest BCUT2D eigenvalue weighted by atomic mass is 32.2. The smallest absolute Gasteiger partial charge is 0.495 e. The van der Waals surface area contributed by atoms with Crippen molar-refractivity contribution < 1.29 is 40.2 Å². The van der Waals surface area contributed by atoms with Gasteiger partial charge in [0.25, 0.3) is 9.84 Å². The molecule has 0 saturated carbocycles. The topological polar surface area (TPSA) is 81.7 Å². The summed E-state index contributed by atoms with van der Waals surface area (Å²) >= 11 is 0. The molecule has 1 amide bonds. The van der Waals surface area contributed by atoms with Crippen LogP contribution in [0.5, 0.6) is 11.5 Å². The first kappa shape index (κ1) is 22.5. The minimum atomic E-state index is -5.59. The number of aryl methyl sites for hydroxylation is 1. The van der Waals surface area contributed by atoms with Crippen molar-refractivity contribution in [2.75, 3.05) is 19.5 Å². The van der Waals surface area contributed by atoms with E-state index in [1.165, 1.54) is 26.4 Å². The van der Waals surface area contributed by atoms with Crippen LogP contribution in [-0.4, -0.2) is 34.1 Å². The molecular formula is C18H17F4NO5S. The van der Waals surface area contributed by atoms with Gasteiger partial charge in [-0.3, -0.25) is 4.79 Å². The van der Waals surface area contributed by atoms with Crippen molar-refractivity contribution >= 4 is 21.4 Å². The average molecular weight is 435 g/mol. The molecule has 1 N–H and O–H groups in total. The standard InChI is InChI=1S/C18H17F4NO5S/c1-27-15-6-3-11(9-13(15)19)4-8-17(24)23-14-10-12(5-7-16(14)28-2)29(25,26)18(20,21)22/h3,5-7,9-10H,4,8H2,1-2H3,(H,23,24). The molecule has 0 unspecified atom stereocenters. The lowest BCUT2D eigenvalue weighted by Gasteiger charge is -2.13. The molecule has 0 radical (unpaired) electrons. The second-order valence-corrected chi connectivity index (χ2v) is 7.77. The van der Waals surface area contributed by atoms with Gasteiger partial charge in [0.1, 0.15) is 5.75 Å². The van der Waals surface area contributed by atoms with Gasteiger partial charge in [-0.1, -0.05) is 6.07 Å². The third kappa shape index (κ3) is 5.17. The summed E-state index contributed by atoms with van der Waals surface area (Å²) < 4.78 is 84.8. The van der Waals surface area contributed by atoms with E-state index in [2.05, 4.69) is 5.32 Å². The molecule has 0 aromatic heterocycles. The molecule has 6 nitrogen and oxygen atoms in total. The monoisotopic (exact) mass is 435 g/mol. The van der Waals surface area contributed by atoms with Gasteiger partial charge in [0.15, 0.2) is 11.6 Å². The third-order valence-corrected chi connectivity index (χ3v) is 5.40. The van der Waals surface area contributed by atoms with Crippen molar-refractivity contribution in [1.82, 2.24) is 0 Å². The SMILES string of the molecule is COc1ccc(CCC(=O)Nc2cc(S(=O)(=O)C(F)(F)F)ccc2OC)cc1F. The van der Waals surface area contributed by atoms with E-state index in [9.17, 15) is 30.8 Å². The van der Waals surface area contributed by atoms with Crippen LogP contribution >= 0.6 is 0 Å². The summed E-state index contributed by atoms with van der Waals surface area (Å²) in [6.07, 6.45) is 0.000769. The number of methoxy groups -OCH3 is 2. The number of halogens is 4. The molecule has 2 aromatic rings. The molecule has 0 aliphatic carbocycles. The average Bonchev–Trinajstić information content (AvgIpc) is 2.65. The van der Waals surface area contributed by atoms with E-state index in [-0.39, 0.29) is 30.0 Å². The van der Waals surface area contributed by atoms with Crippen LogP contribution in [0.3, 0.4) is 0 Å². The highest BCUT2D eigenvalue weighted by Gasteiger charge is 2.47. The van der Waals surface area contributed by atoms with Crippen molar-refractivity contribution in [1.29, 1.82) is 0 Å². The lowest BCUT2D eigenvalue weighted by Crippen LogP contribution is -2.23. The lowest BCUT2D eigenvalue weighted by atomic mass is 10.1. The van der Waals surface area contributed by atoms with Gasteiger partial charge in [0, 0.05) is 6.42 Å². The van der Waals surface area contributed by atoms with Crippen LogP contribution in [0, 0.1) is 5.82 Å². The fourth-order valence-electron chi connectivity index (χ4n) is 2.42. The van der Waals surface area contributed by atoms with Gasteiger partial charge in [-0.05, 0) is 42.3 Å². The summed E-state index contributed by atoms with van der Waals surface area (Å²) in [6, 6.07) is 6.57. The Morgan fingerprint density at radius 2 is 1.66 bits per heavy atom. The number of anilines is 1. The fraction of sp³-hybridized carbons (Fsp3) is 0.278. The zero-order valence-electron chi connectivity index (χ0n) is 15.3. The third-order valence-electron chi connectivity index (χ3n) is 3.92. The van der Waals surface area contributed by atoms with Crippen molar-refractivity contribution in [3.05, 3.63) is 47.8 Å². The Bertz CT molecular complexity index is 1010. The normalized spacial score (nSPS) is 11.8. The summed E-state index contributed by atoms with van der Waals surface area (Å²) in [5.41, 5.74) is -5.22. The van der Waals surface area contributed by atoms with E-state index in [0.717, 1.165) is 12.1 Å². The molecule has 0 bridgehead atoms. The summed E-state index contributed by atoms with van der Waals surface area (Å²) in [4.78, 5) is 11.1. The molecule has 158 valence electrons. The number of carbonyl (C=O) groups excluding carboxylic acids is 1. The number of nitrogens with one attached hydrogen (secondary N) is 1. The highest BCUT2D eigenvalue weighted by molar-refractivity contribution is 7.92. The first-order valence-electron chi connectivity index (χ1n) is 8.11. The summed E-state index contributed by atoms with van der Waals surface area (Å²) in [7, 11) is -3.06. The maximum atomic E-state index is 13.7. The largest absolute Gasteiger partial charge is 0.501 e. The zero-order chi connectivity index (χ0) is 21.8. The van der Waals surface area contributed by atoms with E-state index in [1.807, 2.05) is 0 Å². The van der Waals surface area contributed by atoms with Crippen LogP contribution in [0.2, 0.25) is 0 Å². The van der Waals surface area contributed by atoms with Crippen molar-refractivity contribution in [2.45, 2.75) is 23.2 Å².